The molecule has 0 saturated carbocycles. The summed E-state index contributed by atoms with van der Waals surface area (Å²) >= 11 is 0. The number of fused-ring (bicyclic) bond motifs is 1. The van der Waals surface area contributed by atoms with Gasteiger partial charge in [0, 0.05) is 51.0 Å². The van der Waals surface area contributed by atoms with Crippen LogP contribution in [-0.2, 0) is 4.79 Å². The number of carbonyl (C=O) groups is 1. The SMILES string of the molecule is O=C1NNCC2NC(N3CCCCCC3)NC(Nc3ccc(OC4CCN(CCO)CC4)cc3)C12. The highest BCUT2D eigenvalue weighted by molar-refractivity contribution is 5.81. The van der Waals surface area contributed by atoms with Crippen molar-refractivity contribution in [3.8, 4) is 5.75 Å². The molecule has 4 aliphatic rings. The van der Waals surface area contributed by atoms with E-state index in [1.54, 1.807) is 0 Å². The largest absolute Gasteiger partial charge is 0.490 e. The summed E-state index contributed by atoms with van der Waals surface area (Å²) in [6.07, 6.45) is 7.03. The lowest BCUT2D eigenvalue weighted by Crippen LogP contribution is -2.76. The third kappa shape index (κ3) is 6.25. The lowest BCUT2D eigenvalue weighted by molar-refractivity contribution is -0.132. The summed E-state index contributed by atoms with van der Waals surface area (Å²) in [6.45, 7) is 5.72. The Bertz CT molecular complexity index is 810. The number of amides is 1. The molecule has 10 nitrogen and oxygen atoms in total. The maximum absolute atomic E-state index is 12.8. The third-order valence-electron chi connectivity index (χ3n) is 7.77. The Morgan fingerprint density at radius 3 is 2.46 bits per heavy atom. The first-order chi connectivity index (χ1) is 17.2. The molecule has 4 heterocycles. The van der Waals surface area contributed by atoms with Gasteiger partial charge in [-0.2, -0.15) is 0 Å². The number of β-amino-alcohol motifs (C(OH)–C–C–N with tert-alkyl or cyclic N) is 1. The van der Waals surface area contributed by atoms with Gasteiger partial charge in [-0.25, -0.2) is 5.43 Å². The molecule has 6 N–H and O–H groups in total. The molecule has 35 heavy (non-hydrogen) atoms. The minimum Gasteiger partial charge on any atom is -0.490 e. The van der Waals surface area contributed by atoms with Crippen LogP contribution in [0.2, 0.25) is 0 Å². The van der Waals surface area contributed by atoms with Gasteiger partial charge in [-0.1, -0.05) is 12.8 Å². The maximum atomic E-state index is 12.8. The number of carbonyl (C=O) groups excluding carboxylic acids is 1. The Morgan fingerprint density at radius 1 is 1.00 bits per heavy atom. The summed E-state index contributed by atoms with van der Waals surface area (Å²) in [5, 5.41) is 20.1. The number of aliphatic hydroxyl groups excluding tert-OH is 1. The van der Waals surface area contributed by atoms with Gasteiger partial charge >= 0.3 is 0 Å². The van der Waals surface area contributed by atoms with E-state index in [2.05, 4.69) is 36.6 Å². The highest BCUT2D eigenvalue weighted by Crippen LogP contribution is 2.25. The van der Waals surface area contributed by atoms with E-state index < -0.39 is 0 Å². The number of ether oxygens (including phenoxy) is 1. The van der Waals surface area contributed by atoms with Gasteiger partial charge < -0.3 is 20.1 Å². The molecule has 4 fully saturated rings. The average molecular weight is 488 g/mol. The summed E-state index contributed by atoms with van der Waals surface area (Å²) < 4.78 is 6.22. The molecule has 10 heteroatoms. The van der Waals surface area contributed by atoms with Crippen LogP contribution in [0.4, 0.5) is 5.69 Å². The highest BCUT2D eigenvalue weighted by atomic mass is 16.5. The number of benzene rings is 1. The van der Waals surface area contributed by atoms with Gasteiger partial charge in [0.2, 0.25) is 5.91 Å². The van der Waals surface area contributed by atoms with Crippen molar-refractivity contribution >= 4 is 11.6 Å². The van der Waals surface area contributed by atoms with Crippen LogP contribution in [0.5, 0.6) is 5.75 Å². The molecule has 4 unspecified atom stereocenters. The molecule has 4 saturated heterocycles. The van der Waals surface area contributed by atoms with Gasteiger partial charge in [0.25, 0.3) is 0 Å². The maximum Gasteiger partial charge on any atom is 0.242 e. The van der Waals surface area contributed by atoms with Gasteiger partial charge in [0.05, 0.1) is 18.7 Å². The van der Waals surface area contributed by atoms with Crippen LogP contribution in [0, 0.1) is 5.92 Å². The molecule has 0 aliphatic carbocycles. The van der Waals surface area contributed by atoms with Gasteiger partial charge in [0.15, 0.2) is 0 Å². The van der Waals surface area contributed by atoms with Crippen LogP contribution >= 0.6 is 0 Å². The second kappa shape index (κ2) is 11.9. The Morgan fingerprint density at radius 2 is 1.74 bits per heavy atom. The average Bonchev–Trinajstić information content (AvgIpc) is 3.16. The Balaban J connectivity index is 1.21. The molecule has 0 aromatic heterocycles. The topological polar surface area (TPSA) is 113 Å². The predicted molar refractivity (Wildman–Crippen MR) is 135 cm³/mol. The van der Waals surface area contributed by atoms with Crippen molar-refractivity contribution in [3.63, 3.8) is 0 Å². The van der Waals surface area contributed by atoms with E-state index in [1.807, 2.05) is 24.3 Å². The number of anilines is 1. The lowest BCUT2D eigenvalue weighted by Gasteiger charge is -2.48. The van der Waals surface area contributed by atoms with Crippen molar-refractivity contribution in [1.82, 2.24) is 31.3 Å². The highest BCUT2D eigenvalue weighted by Gasteiger charge is 2.44. The fraction of sp³-hybridized carbons (Fsp3) is 0.720. The molecule has 5 rings (SSSR count). The van der Waals surface area contributed by atoms with Crippen molar-refractivity contribution in [1.29, 1.82) is 0 Å². The molecular formula is C25H41N7O3. The van der Waals surface area contributed by atoms with Crippen LogP contribution in [0.1, 0.15) is 38.5 Å². The van der Waals surface area contributed by atoms with E-state index in [4.69, 9.17) is 9.84 Å². The van der Waals surface area contributed by atoms with E-state index in [1.165, 1.54) is 25.7 Å². The molecule has 1 amide bonds. The fourth-order valence-corrected chi connectivity index (χ4v) is 5.80. The number of nitrogens with zero attached hydrogens (tertiary/aromatic N) is 2. The monoisotopic (exact) mass is 487 g/mol. The minimum absolute atomic E-state index is 0.000519. The van der Waals surface area contributed by atoms with Crippen molar-refractivity contribution in [2.45, 2.75) is 63.1 Å². The van der Waals surface area contributed by atoms with Crippen molar-refractivity contribution in [3.05, 3.63) is 24.3 Å². The molecule has 194 valence electrons. The number of rotatable bonds is 7. The van der Waals surface area contributed by atoms with E-state index in [9.17, 15) is 4.79 Å². The van der Waals surface area contributed by atoms with Gasteiger partial charge in [-0.05, 0) is 49.9 Å². The number of hydrazine groups is 1. The Kier molecular flexibility index (Phi) is 8.38. The number of piperidine rings is 1. The van der Waals surface area contributed by atoms with Crippen LogP contribution in [-0.4, -0.2) is 91.3 Å². The number of aliphatic hydroxyl groups is 1. The molecular weight excluding hydrogens is 446 g/mol. The summed E-state index contributed by atoms with van der Waals surface area (Å²) in [5.74, 6) is 0.648. The van der Waals surface area contributed by atoms with Crippen molar-refractivity contribution in [2.75, 3.05) is 51.2 Å². The summed E-state index contributed by atoms with van der Waals surface area (Å²) in [6, 6.07) is 8.14. The zero-order valence-corrected chi connectivity index (χ0v) is 20.5. The van der Waals surface area contributed by atoms with E-state index in [-0.39, 0.29) is 43.0 Å². The second-order valence-electron chi connectivity index (χ2n) is 10.2. The second-order valence-corrected chi connectivity index (χ2v) is 10.2. The van der Waals surface area contributed by atoms with Crippen LogP contribution < -0.4 is 31.5 Å². The molecule has 1 aromatic rings. The quantitative estimate of drug-likeness (QED) is 0.322. The Labute approximate surface area is 208 Å². The first-order valence-electron chi connectivity index (χ1n) is 13.3. The van der Waals surface area contributed by atoms with Crippen molar-refractivity contribution < 1.29 is 14.6 Å². The van der Waals surface area contributed by atoms with E-state index in [0.717, 1.165) is 57.0 Å². The molecule has 4 aliphatic heterocycles. The van der Waals surface area contributed by atoms with Crippen LogP contribution in [0.3, 0.4) is 0 Å². The lowest BCUT2D eigenvalue weighted by atomic mass is 9.91. The normalized spacial score (nSPS) is 31.3. The summed E-state index contributed by atoms with van der Waals surface area (Å²) in [5.41, 5.74) is 6.82. The molecule has 0 bridgehead atoms. The molecule has 0 spiro atoms. The minimum atomic E-state index is -0.223. The first kappa shape index (κ1) is 24.7. The zero-order valence-electron chi connectivity index (χ0n) is 20.5. The molecule has 0 radical (unpaired) electrons. The smallest absolute Gasteiger partial charge is 0.242 e. The zero-order chi connectivity index (χ0) is 24.0. The summed E-state index contributed by atoms with van der Waals surface area (Å²) in [7, 11) is 0. The number of nitrogens with one attached hydrogen (secondary N) is 5. The van der Waals surface area contributed by atoms with Gasteiger partial charge in [0.1, 0.15) is 18.1 Å². The number of likely N-dealkylation sites (tertiary alicyclic amines) is 2. The molecule has 4 atom stereocenters. The fourth-order valence-electron chi connectivity index (χ4n) is 5.80. The molecule has 1 aromatic carbocycles. The van der Waals surface area contributed by atoms with E-state index in [0.29, 0.717) is 6.54 Å². The van der Waals surface area contributed by atoms with Crippen LogP contribution in [0.25, 0.3) is 0 Å². The first-order valence-corrected chi connectivity index (χ1v) is 13.3. The summed E-state index contributed by atoms with van der Waals surface area (Å²) in [4.78, 5) is 17.5. The van der Waals surface area contributed by atoms with Crippen molar-refractivity contribution in [2.24, 2.45) is 5.92 Å². The van der Waals surface area contributed by atoms with Crippen LogP contribution in [0.15, 0.2) is 24.3 Å². The standard InChI is InChI=1S/C25H41N7O3/c33-16-15-31-13-9-20(10-14-31)35-19-7-5-18(6-8-19)27-23-22-21(17-26-30-24(22)34)28-25(29-23)32-11-3-1-2-4-12-32/h5-8,20-23,25-29,33H,1-4,9-17H2,(H,30,34). The number of hydrogen-bond acceptors (Lipinski definition) is 9. The van der Waals surface area contributed by atoms with Gasteiger partial charge in [-0.15, -0.1) is 0 Å². The van der Waals surface area contributed by atoms with E-state index >= 15 is 0 Å². The Hall–Kier alpha value is -1.95. The predicted octanol–water partition coefficient (Wildman–Crippen LogP) is 0.232. The third-order valence-corrected chi connectivity index (χ3v) is 7.77. The van der Waals surface area contributed by atoms with Gasteiger partial charge in [-0.3, -0.25) is 25.8 Å². The number of hydrogen-bond donors (Lipinski definition) is 6.